The van der Waals surface area contributed by atoms with Gasteiger partial charge in [-0.25, -0.2) is 0 Å². The van der Waals surface area contributed by atoms with E-state index >= 15 is 0 Å². The molecule has 0 fully saturated rings. The van der Waals surface area contributed by atoms with Crippen molar-refractivity contribution in [3.63, 3.8) is 0 Å². The molecule has 8 heteroatoms. The van der Waals surface area contributed by atoms with E-state index in [9.17, 15) is 4.79 Å². The number of halogens is 5. The number of fused-ring (bicyclic) bond motifs is 1. The van der Waals surface area contributed by atoms with Crippen molar-refractivity contribution >= 4 is 86.3 Å². The summed E-state index contributed by atoms with van der Waals surface area (Å²) in [7, 11) is 0. The van der Waals surface area contributed by atoms with Gasteiger partial charge in [0.2, 0.25) is 0 Å². The van der Waals surface area contributed by atoms with E-state index in [1.807, 2.05) is 12.1 Å². The lowest BCUT2D eigenvalue weighted by atomic mass is 10.2. The van der Waals surface area contributed by atoms with E-state index in [1.54, 1.807) is 12.1 Å². The molecule has 0 saturated carbocycles. The lowest BCUT2D eigenvalue weighted by Gasteiger charge is -2.10. The summed E-state index contributed by atoms with van der Waals surface area (Å²) in [6.07, 6.45) is 0. The fraction of sp³-hybridized carbons (Fsp3) is 0. The van der Waals surface area contributed by atoms with Crippen LogP contribution in [0, 0.1) is 0 Å². The molecule has 0 bridgehead atoms. The highest BCUT2D eigenvalue weighted by atomic mass is 79.9. The van der Waals surface area contributed by atoms with Crippen LogP contribution >= 0.6 is 75.3 Å². The molecule has 0 atom stereocenters. The highest BCUT2D eigenvalue weighted by Gasteiger charge is 2.14. The molecule has 3 rings (SSSR count). The van der Waals surface area contributed by atoms with Gasteiger partial charge in [-0.3, -0.25) is 4.79 Å². The normalized spacial score (nSPS) is 11.0. The van der Waals surface area contributed by atoms with Crippen LogP contribution in [0.2, 0.25) is 5.02 Å². The zero-order valence-corrected chi connectivity index (χ0v) is 18.1. The molecule has 0 saturated heterocycles. The van der Waals surface area contributed by atoms with Gasteiger partial charge in [0, 0.05) is 9.50 Å². The highest BCUT2D eigenvalue weighted by molar-refractivity contribution is 9.11. The van der Waals surface area contributed by atoms with Crippen LogP contribution in [0.25, 0.3) is 11.0 Å². The van der Waals surface area contributed by atoms with Crippen LogP contribution in [0.5, 0.6) is 11.7 Å². The summed E-state index contributed by atoms with van der Waals surface area (Å²) in [5.74, 6) is 0.579. The second kappa shape index (κ2) is 6.88. The molecule has 0 amide bonds. The van der Waals surface area contributed by atoms with Crippen molar-refractivity contribution in [2.75, 3.05) is 0 Å². The first-order valence-electron chi connectivity index (χ1n) is 6.10. The molecule has 0 aliphatic heterocycles. The van der Waals surface area contributed by atoms with Crippen molar-refractivity contribution in [1.82, 2.24) is 0 Å². The number of benzene rings is 2. The third-order valence-electron chi connectivity index (χ3n) is 2.89. The quantitative estimate of drug-likeness (QED) is 0.316. The van der Waals surface area contributed by atoms with Gasteiger partial charge in [-0.2, -0.15) is 0 Å². The zero-order valence-electron chi connectivity index (χ0n) is 11.0. The van der Waals surface area contributed by atoms with Crippen LogP contribution in [0.15, 0.2) is 57.4 Å². The third-order valence-corrected chi connectivity index (χ3v) is 5.33. The summed E-state index contributed by atoms with van der Waals surface area (Å²) < 4.78 is 14.3. The molecule has 3 aromatic rings. The maximum absolute atomic E-state index is 12.3. The molecule has 0 aliphatic rings. The van der Waals surface area contributed by atoms with E-state index in [2.05, 4.69) is 63.7 Å². The Bertz CT molecular complexity index is 961. The lowest BCUT2D eigenvalue weighted by Crippen LogP contribution is -2.01. The van der Waals surface area contributed by atoms with Crippen LogP contribution in [0.1, 0.15) is 0 Å². The Morgan fingerprint density at radius 2 is 1.57 bits per heavy atom. The molecular formula is C15H5Br4ClO3. The van der Waals surface area contributed by atoms with Gasteiger partial charge >= 0.3 is 0 Å². The molecule has 118 valence electrons. The van der Waals surface area contributed by atoms with Gasteiger partial charge in [-0.15, -0.1) is 0 Å². The van der Waals surface area contributed by atoms with Crippen LogP contribution < -0.4 is 10.2 Å². The molecule has 23 heavy (non-hydrogen) atoms. The Labute approximate surface area is 169 Å². The van der Waals surface area contributed by atoms with Crippen molar-refractivity contribution in [3.05, 3.63) is 63.5 Å². The summed E-state index contributed by atoms with van der Waals surface area (Å²) in [4.78, 5) is 12.3. The second-order valence-corrected chi connectivity index (χ2v) is 8.41. The minimum absolute atomic E-state index is 0.0780. The SMILES string of the molecule is O=c1cc(Oc2c(Br)cc(Br)cc2Br)oc2c(Br)cc(Cl)cc12. The van der Waals surface area contributed by atoms with Crippen molar-refractivity contribution in [2.24, 2.45) is 0 Å². The predicted octanol–water partition coefficient (Wildman–Crippen LogP) is 7.29. The van der Waals surface area contributed by atoms with Crippen LogP contribution in [-0.2, 0) is 0 Å². The van der Waals surface area contributed by atoms with Gasteiger partial charge in [-0.1, -0.05) is 27.5 Å². The van der Waals surface area contributed by atoms with E-state index in [0.717, 1.165) is 4.47 Å². The van der Waals surface area contributed by atoms with Crippen LogP contribution in [0.4, 0.5) is 0 Å². The molecule has 0 radical (unpaired) electrons. The first kappa shape index (κ1) is 17.5. The Hall–Kier alpha value is -0.340. The monoisotopic (exact) mass is 584 g/mol. The van der Waals surface area contributed by atoms with Crippen LogP contribution in [-0.4, -0.2) is 0 Å². The Morgan fingerprint density at radius 3 is 2.22 bits per heavy atom. The fourth-order valence-corrected chi connectivity index (χ4v) is 5.25. The molecule has 0 aliphatic carbocycles. The number of rotatable bonds is 2. The first-order chi connectivity index (χ1) is 10.8. The van der Waals surface area contributed by atoms with Gasteiger partial charge in [-0.05, 0) is 72.1 Å². The minimum atomic E-state index is -0.242. The molecular weight excluding hydrogens is 583 g/mol. The predicted molar refractivity (Wildman–Crippen MR) is 105 cm³/mol. The number of hydrogen-bond acceptors (Lipinski definition) is 3. The number of ether oxygens (including phenoxy) is 1. The van der Waals surface area contributed by atoms with E-state index in [-0.39, 0.29) is 11.4 Å². The van der Waals surface area contributed by atoms with E-state index in [4.69, 9.17) is 20.8 Å². The van der Waals surface area contributed by atoms with Gasteiger partial charge in [0.1, 0.15) is 0 Å². The first-order valence-corrected chi connectivity index (χ1v) is 9.65. The maximum atomic E-state index is 12.3. The smallest absolute Gasteiger partial charge is 0.294 e. The summed E-state index contributed by atoms with van der Waals surface area (Å²) >= 11 is 19.5. The van der Waals surface area contributed by atoms with Crippen molar-refractivity contribution in [3.8, 4) is 11.7 Å². The van der Waals surface area contributed by atoms with Gasteiger partial charge in [0.25, 0.3) is 5.95 Å². The Morgan fingerprint density at radius 1 is 0.913 bits per heavy atom. The van der Waals surface area contributed by atoms with Gasteiger partial charge in [0.05, 0.1) is 24.9 Å². The molecule has 0 N–H and O–H groups in total. The Balaban J connectivity index is 2.14. The van der Waals surface area contributed by atoms with Crippen molar-refractivity contribution < 1.29 is 9.15 Å². The lowest BCUT2D eigenvalue weighted by molar-refractivity contribution is 0.350. The summed E-state index contributed by atoms with van der Waals surface area (Å²) in [6.45, 7) is 0. The molecule has 3 nitrogen and oxygen atoms in total. The van der Waals surface area contributed by atoms with Crippen molar-refractivity contribution in [2.45, 2.75) is 0 Å². The fourth-order valence-electron chi connectivity index (χ4n) is 1.94. The average Bonchev–Trinajstić information content (AvgIpc) is 2.44. The number of hydrogen-bond donors (Lipinski definition) is 0. The molecule has 1 heterocycles. The van der Waals surface area contributed by atoms with E-state index < -0.39 is 0 Å². The van der Waals surface area contributed by atoms with Crippen LogP contribution in [0.3, 0.4) is 0 Å². The summed E-state index contributed by atoms with van der Waals surface area (Å²) in [6, 6.07) is 8.15. The standard InChI is InChI=1S/C15H5Br4ClO3/c16-6-1-9(17)15(10(18)2-6)23-13-5-12(21)8-3-7(20)4-11(19)14(8)22-13/h1-5H. The van der Waals surface area contributed by atoms with Crippen molar-refractivity contribution in [1.29, 1.82) is 0 Å². The molecule has 0 spiro atoms. The highest BCUT2D eigenvalue weighted by Crippen LogP contribution is 2.39. The zero-order chi connectivity index (χ0) is 16.7. The van der Waals surface area contributed by atoms with E-state index in [1.165, 1.54) is 6.07 Å². The third kappa shape index (κ3) is 3.69. The van der Waals surface area contributed by atoms with E-state index in [0.29, 0.717) is 35.2 Å². The topological polar surface area (TPSA) is 39.4 Å². The van der Waals surface area contributed by atoms with Gasteiger partial charge < -0.3 is 9.15 Å². The summed E-state index contributed by atoms with van der Waals surface area (Å²) in [5, 5.41) is 0.828. The largest absolute Gasteiger partial charge is 0.424 e. The summed E-state index contributed by atoms with van der Waals surface area (Å²) in [5.41, 5.74) is 0.134. The second-order valence-electron chi connectivity index (χ2n) is 4.49. The molecule has 2 aromatic carbocycles. The maximum Gasteiger partial charge on any atom is 0.294 e. The minimum Gasteiger partial charge on any atom is -0.424 e. The average molecular weight is 588 g/mol. The Kier molecular flexibility index (Phi) is 5.23. The molecule has 1 aromatic heterocycles. The van der Waals surface area contributed by atoms with Gasteiger partial charge in [0.15, 0.2) is 16.8 Å². The molecule has 0 unspecified atom stereocenters.